The van der Waals surface area contributed by atoms with Gasteiger partial charge in [0.2, 0.25) is 0 Å². The molecule has 3 rings (SSSR count). The van der Waals surface area contributed by atoms with E-state index in [9.17, 15) is 9.59 Å². The third kappa shape index (κ3) is 5.90. The molecule has 1 heterocycles. The number of para-hydroxylation sites is 1. The average molecular weight is 410 g/mol. The zero-order chi connectivity index (χ0) is 21.3. The fourth-order valence-corrected chi connectivity index (χ4v) is 3.35. The number of benzene rings is 2. The van der Waals surface area contributed by atoms with Crippen LogP contribution in [0.5, 0.6) is 5.75 Å². The quantitative estimate of drug-likeness (QED) is 0.479. The lowest BCUT2D eigenvalue weighted by Crippen LogP contribution is -3.12. The molecule has 7 heteroatoms. The minimum Gasteiger partial charge on any atom is -0.494 e. The molecule has 1 atom stereocenters. The summed E-state index contributed by atoms with van der Waals surface area (Å²) in [5.74, 6) is 1.30. The van der Waals surface area contributed by atoms with Crippen molar-refractivity contribution in [3.05, 3.63) is 64.7 Å². The van der Waals surface area contributed by atoms with E-state index >= 15 is 0 Å². The van der Waals surface area contributed by atoms with Gasteiger partial charge in [-0.15, -0.1) is 0 Å². The Morgan fingerprint density at radius 2 is 1.90 bits per heavy atom. The van der Waals surface area contributed by atoms with Crippen LogP contribution in [0.2, 0.25) is 0 Å². The first-order valence-electron chi connectivity index (χ1n) is 10.4. The number of nitrogens with one attached hydrogen (secondary N) is 3. The van der Waals surface area contributed by atoms with Gasteiger partial charge in [0.05, 0.1) is 24.1 Å². The molecular formula is C23H29N4O3+. The van der Waals surface area contributed by atoms with Gasteiger partial charge in [-0.25, -0.2) is 4.98 Å². The van der Waals surface area contributed by atoms with Crippen molar-refractivity contribution in [2.24, 2.45) is 0 Å². The van der Waals surface area contributed by atoms with E-state index in [0.717, 1.165) is 35.7 Å². The second-order valence-electron chi connectivity index (χ2n) is 7.24. The number of H-pyrrole nitrogens is 1. The highest BCUT2D eigenvalue weighted by Gasteiger charge is 2.17. The van der Waals surface area contributed by atoms with Crippen molar-refractivity contribution in [3.63, 3.8) is 0 Å². The zero-order valence-electron chi connectivity index (χ0n) is 17.5. The molecule has 0 saturated carbocycles. The lowest BCUT2D eigenvalue weighted by molar-refractivity contribution is -0.906. The zero-order valence-corrected chi connectivity index (χ0v) is 17.5. The van der Waals surface area contributed by atoms with Crippen molar-refractivity contribution in [1.29, 1.82) is 0 Å². The standard InChI is InChI=1S/C23H28N4O3/c1-3-5-14-27(15-21-25-20-9-7-6-8-19(20)23(29)26-21)16-22(28)24-17-10-12-18(13-11-17)30-4-2/h6-13H,3-5,14-16H2,1-2H3,(H,24,28)(H,25,26,29)/p+1. The predicted octanol–water partition coefficient (Wildman–Crippen LogP) is 2.15. The van der Waals surface area contributed by atoms with Crippen LogP contribution >= 0.6 is 0 Å². The van der Waals surface area contributed by atoms with Crippen molar-refractivity contribution in [2.75, 3.05) is 25.0 Å². The number of ether oxygens (including phenoxy) is 1. The number of carbonyl (C=O) groups is 1. The molecule has 0 spiro atoms. The molecule has 1 aromatic heterocycles. The molecule has 1 amide bonds. The molecule has 7 nitrogen and oxygen atoms in total. The first-order chi connectivity index (χ1) is 14.6. The van der Waals surface area contributed by atoms with Gasteiger partial charge in [0.25, 0.3) is 11.5 Å². The number of unbranched alkanes of at least 4 members (excludes halogenated alkanes) is 1. The van der Waals surface area contributed by atoms with Crippen LogP contribution in [-0.2, 0) is 11.3 Å². The largest absolute Gasteiger partial charge is 0.494 e. The topological polar surface area (TPSA) is 88.5 Å². The number of hydrogen-bond acceptors (Lipinski definition) is 4. The lowest BCUT2D eigenvalue weighted by Gasteiger charge is -2.18. The Labute approximate surface area is 176 Å². The summed E-state index contributed by atoms with van der Waals surface area (Å²) >= 11 is 0. The van der Waals surface area contributed by atoms with E-state index in [1.807, 2.05) is 49.4 Å². The Morgan fingerprint density at radius 1 is 1.13 bits per heavy atom. The van der Waals surface area contributed by atoms with Crippen LogP contribution in [0.15, 0.2) is 53.3 Å². The number of rotatable bonds is 10. The number of carbonyl (C=O) groups excluding carboxylic acids is 1. The third-order valence-electron chi connectivity index (χ3n) is 4.82. The summed E-state index contributed by atoms with van der Waals surface area (Å²) in [6.45, 7) is 6.26. The molecule has 2 aromatic carbocycles. The number of amides is 1. The normalized spacial score (nSPS) is 11.9. The van der Waals surface area contributed by atoms with Crippen LogP contribution in [-0.4, -0.2) is 35.6 Å². The highest BCUT2D eigenvalue weighted by molar-refractivity contribution is 5.91. The molecule has 0 aliphatic rings. The summed E-state index contributed by atoms with van der Waals surface area (Å²) in [6.07, 6.45) is 2.02. The van der Waals surface area contributed by atoms with E-state index in [0.29, 0.717) is 36.4 Å². The highest BCUT2D eigenvalue weighted by Crippen LogP contribution is 2.15. The highest BCUT2D eigenvalue weighted by atomic mass is 16.5. The van der Waals surface area contributed by atoms with Crippen molar-refractivity contribution < 1.29 is 14.4 Å². The summed E-state index contributed by atoms with van der Waals surface area (Å²) < 4.78 is 5.43. The molecule has 0 bridgehead atoms. The molecule has 1 unspecified atom stereocenters. The minimum absolute atomic E-state index is 0.0756. The SMILES string of the molecule is CCCC[NH+](CC(=O)Nc1ccc(OCC)cc1)Cc1nc2ccccc2c(=O)[nH]1. The van der Waals surface area contributed by atoms with Crippen molar-refractivity contribution >= 4 is 22.5 Å². The number of quaternary nitrogens is 1. The Kier molecular flexibility index (Phi) is 7.57. The first kappa shape index (κ1) is 21.5. The van der Waals surface area contributed by atoms with Gasteiger partial charge in [0.1, 0.15) is 12.3 Å². The number of fused-ring (bicyclic) bond motifs is 1. The van der Waals surface area contributed by atoms with E-state index in [4.69, 9.17) is 4.74 Å². The van der Waals surface area contributed by atoms with Gasteiger partial charge in [-0.2, -0.15) is 0 Å². The fraction of sp³-hybridized carbons (Fsp3) is 0.348. The smallest absolute Gasteiger partial charge is 0.279 e. The maximum absolute atomic E-state index is 12.6. The molecular weight excluding hydrogens is 380 g/mol. The van der Waals surface area contributed by atoms with Crippen molar-refractivity contribution in [1.82, 2.24) is 9.97 Å². The number of aromatic amines is 1. The number of hydrogen-bond donors (Lipinski definition) is 3. The Bertz CT molecular complexity index is 1030. The summed E-state index contributed by atoms with van der Waals surface area (Å²) in [6, 6.07) is 14.6. The third-order valence-corrected chi connectivity index (χ3v) is 4.82. The molecule has 158 valence electrons. The fourth-order valence-electron chi connectivity index (χ4n) is 3.35. The summed E-state index contributed by atoms with van der Waals surface area (Å²) in [5.41, 5.74) is 1.25. The van der Waals surface area contributed by atoms with E-state index < -0.39 is 0 Å². The molecule has 0 aliphatic carbocycles. The van der Waals surface area contributed by atoms with Gasteiger partial charge in [-0.05, 0) is 49.7 Å². The lowest BCUT2D eigenvalue weighted by atomic mass is 10.2. The van der Waals surface area contributed by atoms with E-state index in [2.05, 4.69) is 22.2 Å². The minimum atomic E-state index is -0.149. The average Bonchev–Trinajstić information content (AvgIpc) is 2.73. The maximum Gasteiger partial charge on any atom is 0.279 e. The molecule has 0 radical (unpaired) electrons. The molecule has 0 saturated heterocycles. The van der Waals surface area contributed by atoms with Gasteiger partial charge < -0.3 is 19.9 Å². The maximum atomic E-state index is 12.6. The summed E-state index contributed by atoms with van der Waals surface area (Å²) in [5, 5.41) is 3.51. The predicted molar refractivity (Wildman–Crippen MR) is 118 cm³/mol. The van der Waals surface area contributed by atoms with Crippen molar-refractivity contribution in [2.45, 2.75) is 33.2 Å². The Morgan fingerprint density at radius 3 is 2.63 bits per heavy atom. The molecule has 3 aromatic rings. The molecule has 0 fully saturated rings. The van der Waals surface area contributed by atoms with E-state index in [-0.39, 0.29) is 11.5 Å². The van der Waals surface area contributed by atoms with Crippen LogP contribution in [0.4, 0.5) is 5.69 Å². The molecule has 3 N–H and O–H groups in total. The van der Waals surface area contributed by atoms with Crippen LogP contribution in [0.25, 0.3) is 10.9 Å². The van der Waals surface area contributed by atoms with E-state index in [1.165, 1.54) is 0 Å². The van der Waals surface area contributed by atoms with Gasteiger partial charge in [-0.3, -0.25) is 9.59 Å². The van der Waals surface area contributed by atoms with Gasteiger partial charge in [-0.1, -0.05) is 25.5 Å². The Balaban J connectivity index is 1.68. The van der Waals surface area contributed by atoms with E-state index in [1.54, 1.807) is 6.07 Å². The summed E-state index contributed by atoms with van der Waals surface area (Å²) in [4.78, 5) is 33.4. The van der Waals surface area contributed by atoms with Crippen LogP contribution in [0, 0.1) is 0 Å². The van der Waals surface area contributed by atoms with Crippen LogP contribution in [0.3, 0.4) is 0 Å². The number of anilines is 1. The van der Waals surface area contributed by atoms with Gasteiger partial charge in [0, 0.05) is 5.69 Å². The Hall–Kier alpha value is -3.19. The molecule has 0 aliphatic heterocycles. The second-order valence-corrected chi connectivity index (χ2v) is 7.24. The first-order valence-corrected chi connectivity index (χ1v) is 10.4. The number of nitrogens with zero attached hydrogens (tertiary/aromatic N) is 1. The monoisotopic (exact) mass is 409 g/mol. The summed E-state index contributed by atoms with van der Waals surface area (Å²) in [7, 11) is 0. The second kappa shape index (κ2) is 10.5. The number of aromatic nitrogens is 2. The van der Waals surface area contributed by atoms with Crippen molar-refractivity contribution in [3.8, 4) is 5.75 Å². The van der Waals surface area contributed by atoms with Gasteiger partial charge >= 0.3 is 0 Å². The van der Waals surface area contributed by atoms with Crippen LogP contribution in [0.1, 0.15) is 32.5 Å². The van der Waals surface area contributed by atoms with Crippen LogP contribution < -0.4 is 20.5 Å². The molecule has 30 heavy (non-hydrogen) atoms. The van der Waals surface area contributed by atoms with Gasteiger partial charge in [0.15, 0.2) is 12.4 Å².